The maximum Gasteiger partial charge on any atom is 0.173 e. The molecular weight excluding hydrogens is 363 g/mol. The van der Waals surface area contributed by atoms with Crippen LogP contribution in [0, 0.1) is 11.7 Å². The van der Waals surface area contributed by atoms with Crippen molar-refractivity contribution in [3.63, 3.8) is 0 Å². The number of hydrogen-bond donors (Lipinski definition) is 1. The van der Waals surface area contributed by atoms with Crippen molar-refractivity contribution in [2.75, 3.05) is 6.61 Å². The van der Waals surface area contributed by atoms with Gasteiger partial charge in [0.05, 0.1) is 10.5 Å². The van der Waals surface area contributed by atoms with Gasteiger partial charge in [-0.15, -0.1) is 0 Å². The first-order valence-corrected chi connectivity index (χ1v) is 9.39. The smallest absolute Gasteiger partial charge is 0.173 e. The first-order chi connectivity index (χ1) is 12.8. The van der Waals surface area contributed by atoms with Crippen molar-refractivity contribution in [3.8, 4) is 16.9 Å². The van der Waals surface area contributed by atoms with Crippen LogP contribution in [0.3, 0.4) is 0 Å². The highest BCUT2D eigenvalue weighted by Gasteiger charge is 2.23. The summed E-state index contributed by atoms with van der Waals surface area (Å²) in [5, 5.41) is 1.17. The third-order valence-corrected chi connectivity index (χ3v) is 4.66. The zero-order valence-electron chi connectivity index (χ0n) is 15.8. The SMILES string of the molecule is CC(C)C[C@@](C)(N)COc1c(F)cc(-c2ccnc3ccccc23)cc1Cl. The average Bonchev–Trinajstić information content (AvgIpc) is 2.59. The van der Waals surface area contributed by atoms with Crippen molar-refractivity contribution in [1.82, 2.24) is 4.98 Å². The second-order valence-electron chi connectivity index (χ2n) is 7.69. The maximum absolute atomic E-state index is 14.8. The molecule has 3 nitrogen and oxygen atoms in total. The lowest BCUT2D eigenvalue weighted by atomic mass is 9.93. The molecule has 0 bridgehead atoms. The number of benzene rings is 2. The van der Waals surface area contributed by atoms with Crippen molar-refractivity contribution < 1.29 is 9.13 Å². The lowest BCUT2D eigenvalue weighted by molar-refractivity contribution is 0.200. The van der Waals surface area contributed by atoms with Gasteiger partial charge in [0.25, 0.3) is 0 Å². The van der Waals surface area contributed by atoms with Crippen LogP contribution in [0.2, 0.25) is 5.02 Å². The zero-order chi connectivity index (χ0) is 19.6. The number of nitrogens with zero attached hydrogens (tertiary/aromatic N) is 1. The van der Waals surface area contributed by atoms with E-state index < -0.39 is 11.4 Å². The summed E-state index contributed by atoms with van der Waals surface area (Å²) < 4.78 is 20.4. The van der Waals surface area contributed by atoms with E-state index in [-0.39, 0.29) is 17.4 Å². The zero-order valence-corrected chi connectivity index (χ0v) is 16.6. The highest BCUT2D eigenvalue weighted by molar-refractivity contribution is 6.32. The minimum Gasteiger partial charge on any atom is -0.487 e. The first kappa shape index (κ1) is 19.6. The molecule has 0 amide bonds. The van der Waals surface area contributed by atoms with Crippen molar-refractivity contribution >= 4 is 22.5 Å². The first-order valence-electron chi connectivity index (χ1n) is 9.02. The molecule has 142 valence electrons. The number of hydrogen-bond acceptors (Lipinski definition) is 3. The van der Waals surface area contributed by atoms with Crippen molar-refractivity contribution in [1.29, 1.82) is 0 Å². The molecule has 0 unspecified atom stereocenters. The molecule has 0 spiro atoms. The van der Waals surface area contributed by atoms with E-state index in [0.29, 0.717) is 11.5 Å². The summed E-state index contributed by atoms with van der Waals surface area (Å²) in [5.41, 5.74) is 8.10. The van der Waals surface area contributed by atoms with Crippen molar-refractivity contribution in [3.05, 3.63) is 59.5 Å². The molecule has 0 aliphatic heterocycles. The number of nitrogens with two attached hydrogens (primary N) is 1. The van der Waals surface area contributed by atoms with E-state index >= 15 is 0 Å². The predicted molar refractivity (Wildman–Crippen MR) is 110 cm³/mol. The van der Waals surface area contributed by atoms with E-state index in [1.165, 1.54) is 6.07 Å². The number of halogens is 2. The molecule has 27 heavy (non-hydrogen) atoms. The molecule has 0 aliphatic carbocycles. The fourth-order valence-electron chi connectivity index (χ4n) is 3.43. The van der Waals surface area contributed by atoms with E-state index in [4.69, 9.17) is 22.1 Å². The average molecular weight is 387 g/mol. The Kier molecular flexibility index (Phi) is 5.68. The van der Waals surface area contributed by atoms with E-state index in [1.54, 1.807) is 12.3 Å². The molecule has 1 heterocycles. The Labute approximate surface area is 164 Å². The molecule has 0 saturated heterocycles. The Hall–Kier alpha value is -2.17. The van der Waals surface area contributed by atoms with Crippen LogP contribution in [0.4, 0.5) is 4.39 Å². The molecule has 1 atom stereocenters. The summed E-state index contributed by atoms with van der Waals surface area (Å²) in [6.07, 6.45) is 2.48. The van der Waals surface area contributed by atoms with E-state index in [2.05, 4.69) is 18.8 Å². The minimum atomic E-state index is -0.552. The molecule has 5 heteroatoms. The van der Waals surface area contributed by atoms with Gasteiger partial charge in [-0.25, -0.2) is 4.39 Å². The fourth-order valence-corrected chi connectivity index (χ4v) is 3.69. The summed E-state index contributed by atoms with van der Waals surface area (Å²) in [5.74, 6) is -0.0378. The van der Waals surface area contributed by atoms with Crippen LogP contribution in [0.25, 0.3) is 22.0 Å². The molecule has 2 N–H and O–H groups in total. The number of pyridine rings is 1. The van der Waals surface area contributed by atoms with Crippen molar-refractivity contribution in [2.24, 2.45) is 11.7 Å². The third-order valence-electron chi connectivity index (χ3n) is 4.38. The fraction of sp³-hybridized carbons (Fsp3) is 0.318. The van der Waals surface area contributed by atoms with Gasteiger partial charge < -0.3 is 10.5 Å². The lowest BCUT2D eigenvalue weighted by Crippen LogP contribution is -2.43. The Bertz CT molecular complexity index is 928. The Morgan fingerprint density at radius 2 is 1.96 bits per heavy atom. The van der Waals surface area contributed by atoms with Crippen LogP contribution in [-0.4, -0.2) is 17.1 Å². The number of aromatic nitrogens is 1. The molecular formula is C22H24ClFN2O. The normalized spacial score (nSPS) is 13.7. The quantitative estimate of drug-likeness (QED) is 0.579. The van der Waals surface area contributed by atoms with E-state index in [1.807, 2.05) is 37.3 Å². The minimum absolute atomic E-state index is 0.0409. The molecule has 2 aromatic carbocycles. The molecule has 3 rings (SSSR count). The summed E-state index contributed by atoms with van der Waals surface area (Å²) in [7, 11) is 0. The van der Waals surface area contributed by atoms with Gasteiger partial charge >= 0.3 is 0 Å². The summed E-state index contributed by atoms with van der Waals surface area (Å²) >= 11 is 6.35. The highest BCUT2D eigenvalue weighted by atomic mass is 35.5. The van der Waals surface area contributed by atoms with Gasteiger partial charge in [-0.1, -0.05) is 43.6 Å². The van der Waals surface area contributed by atoms with Crippen LogP contribution in [0.5, 0.6) is 5.75 Å². The molecule has 0 radical (unpaired) electrons. The van der Waals surface area contributed by atoms with Crippen LogP contribution in [0.1, 0.15) is 27.2 Å². The van der Waals surface area contributed by atoms with Crippen molar-refractivity contribution in [2.45, 2.75) is 32.7 Å². The molecule has 3 aromatic rings. The monoisotopic (exact) mass is 386 g/mol. The number of ether oxygens (including phenoxy) is 1. The second kappa shape index (κ2) is 7.83. The molecule has 0 aliphatic rings. The van der Waals surface area contributed by atoms with Crippen LogP contribution in [-0.2, 0) is 0 Å². The van der Waals surface area contributed by atoms with Crippen LogP contribution >= 0.6 is 11.6 Å². The van der Waals surface area contributed by atoms with Crippen LogP contribution in [0.15, 0.2) is 48.7 Å². The number of fused-ring (bicyclic) bond motifs is 1. The third kappa shape index (κ3) is 4.57. The van der Waals surface area contributed by atoms with Crippen LogP contribution < -0.4 is 10.5 Å². The Morgan fingerprint density at radius 3 is 2.67 bits per heavy atom. The summed E-state index contributed by atoms with van der Waals surface area (Å²) in [6.45, 7) is 6.27. The maximum atomic E-state index is 14.8. The number of para-hydroxylation sites is 1. The number of rotatable bonds is 6. The Morgan fingerprint density at radius 1 is 1.22 bits per heavy atom. The molecule has 0 fully saturated rings. The van der Waals surface area contributed by atoms with Gasteiger partial charge in [-0.3, -0.25) is 4.98 Å². The van der Waals surface area contributed by atoms with Gasteiger partial charge in [0.15, 0.2) is 11.6 Å². The topological polar surface area (TPSA) is 48.1 Å². The summed E-state index contributed by atoms with van der Waals surface area (Å²) in [4.78, 5) is 4.34. The van der Waals surface area contributed by atoms with Gasteiger partial charge in [0.2, 0.25) is 0 Å². The van der Waals surface area contributed by atoms with Gasteiger partial charge in [-0.2, -0.15) is 0 Å². The van der Waals surface area contributed by atoms with Gasteiger partial charge in [0, 0.05) is 17.1 Å². The largest absolute Gasteiger partial charge is 0.487 e. The Balaban J connectivity index is 1.91. The highest BCUT2D eigenvalue weighted by Crippen LogP contribution is 2.36. The lowest BCUT2D eigenvalue weighted by Gasteiger charge is -2.27. The summed E-state index contributed by atoms with van der Waals surface area (Å²) in [6, 6.07) is 12.7. The van der Waals surface area contributed by atoms with Gasteiger partial charge in [0.1, 0.15) is 6.61 Å². The predicted octanol–water partition coefficient (Wildman–Crippen LogP) is 5.84. The van der Waals surface area contributed by atoms with Gasteiger partial charge in [-0.05, 0) is 54.7 Å². The van der Waals surface area contributed by atoms with E-state index in [9.17, 15) is 4.39 Å². The molecule has 0 saturated carbocycles. The second-order valence-corrected chi connectivity index (χ2v) is 8.09. The molecule has 1 aromatic heterocycles. The van der Waals surface area contributed by atoms with E-state index in [0.717, 1.165) is 22.9 Å². The standard InChI is InChI=1S/C22H24ClFN2O/c1-14(2)12-22(3,25)13-27-21-18(23)10-15(11-19(21)24)16-8-9-26-20-7-5-4-6-17(16)20/h4-11,14H,12-13,25H2,1-3H3/t22-/m1/s1.